The molecule has 5 aliphatic carbocycles. The van der Waals surface area contributed by atoms with Crippen molar-refractivity contribution in [3.63, 3.8) is 0 Å². The van der Waals surface area contributed by atoms with Crippen molar-refractivity contribution in [1.29, 1.82) is 0 Å². The Bertz CT molecular complexity index is 1870. The number of aliphatic carboxylic acids is 2. The van der Waals surface area contributed by atoms with E-state index in [0.29, 0.717) is 49.5 Å². The molecule has 5 unspecified atom stereocenters. The Morgan fingerprint density at radius 2 is 1.61 bits per heavy atom. The zero-order valence-corrected chi connectivity index (χ0v) is 33.7. The number of allylic oxidation sites excluding steroid dienone is 2. The Morgan fingerprint density at radius 1 is 0.875 bits per heavy atom. The summed E-state index contributed by atoms with van der Waals surface area (Å²) in [5.41, 5.74) is 0.596. The molecule has 1 aromatic carbocycles. The highest BCUT2D eigenvalue weighted by Crippen LogP contribution is 2.74. The maximum Gasteiger partial charge on any atom is 0.330 e. The molecule has 11 nitrogen and oxygen atoms in total. The summed E-state index contributed by atoms with van der Waals surface area (Å²) in [5.74, 6) is -3.51. The van der Waals surface area contributed by atoms with Gasteiger partial charge in [0.25, 0.3) is 0 Å². The molecule has 4 N–H and O–H groups in total. The van der Waals surface area contributed by atoms with E-state index < -0.39 is 35.0 Å². The molecule has 0 radical (unpaired) electrons. The second-order valence-electron chi connectivity index (χ2n) is 19.5. The quantitative estimate of drug-likeness (QED) is 0.0880. The molecule has 1 amide bonds. The van der Waals surface area contributed by atoms with E-state index in [-0.39, 0.29) is 57.5 Å². The lowest BCUT2D eigenvalue weighted by Gasteiger charge is -2.70. The van der Waals surface area contributed by atoms with Crippen LogP contribution in [0.4, 0.5) is 5.69 Å². The number of amides is 1. The van der Waals surface area contributed by atoms with Crippen molar-refractivity contribution in [2.75, 3.05) is 25.1 Å². The molecule has 1 saturated heterocycles. The Hall–Kier alpha value is -3.96. The van der Waals surface area contributed by atoms with E-state index in [1.807, 2.05) is 0 Å². The van der Waals surface area contributed by atoms with Gasteiger partial charge in [-0.25, -0.2) is 9.59 Å². The zero-order chi connectivity index (χ0) is 40.5. The zero-order valence-electron chi connectivity index (χ0n) is 33.7. The molecule has 304 valence electrons. The average molecular weight is 774 g/mol. The van der Waals surface area contributed by atoms with Crippen molar-refractivity contribution in [2.24, 2.45) is 56.7 Å². The summed E-state index contributed by atoms with van der Waals surface area (Å²) in [6.07, 6.45) is 14.1. The van der Waals surface area contributed by atoms with E-state index in [1.165, 1.54) is 35.9 Å². The van der Waals surface area contributed by atoms with Gasteiger partial charge in [0.1, 0.15) is 5.75 Å². The van der Waals surface area contributed by atoms with Crippen molar-refractivity contribution in [2.45, 2.75) is 105 Å². The molecular weight excluding hydrogens is 714 g/mol. The molecule has 1 aromatic rings. The van der Waals surface area contributed by atoms with Gasteiger partial charge >= 0.3 is 17.9 Å². The van der Waals surface area contributed by atoms with Crippen LogP contribution >= 0.6 is 0 Å². The predicted molar refractivity (Wildman–Crippen MR) is 209 cm³/mol. The minimum atomic E-state index is -1.27. The lowest BCUT2D eigenvalue weighted by Crippen LogP contribution is -2.66. The molecule has 4 saturated carbocycles. The molecule has 8 atom stereocenters. The summed E-state index contributed by atoms with van der Waals surface area (Å²) >= 11 is 0. The normalized spacial score (nSPS) is 36.5. The molecule has 0 aromatic heterocycles. The van der Waals surface area contributed by atoms with Crippen LogP contribution in [0.1, 0.15) is 105 Å². The van der Waals surface area contributed by atoms with Gasteiger partial charge in [0.15, 0.2) is 5.79 Å². The molecule has 1 spiro atoms. The van der Waals surface area contributed by atoms with Gasteiger partial charge in [0.05, 0.1) is 25.2 Å². The summed E-state index contributed by atoms with van der Waals surface area (Å²) < 4.78 is 18.9. The number of esters is 1. The van der Waals surface area contributed by atoms with Crippen LogP contribution in [0, 0.1) is 56.7 Å². The van der Waals surface area contributed by atoms with Crippen LogP contribution in [0.25, 0.3) is 6.08 Å². The minimum Gasteiger partial charge on any atom is -0.508 e. The maximum absolute atomic E-state index is 13.5. The third-order valence-corrected chi connectivity index (χ3v) is 15.7. The molecule has 6 aliphatic rings. The monoisotopic (exact) mass is 773 g/mol. The van der Waals surface area contributed by atoms with Gasteiger partial charge in [-0.1, -0.05) is 53.2 Å². The third-order valence-electron chi connectivity index (χ3n) is 15.7. The molecular formula is C45H59NO10. The Balaban J connectivity index is 1.19. The number of carboxylic acid groups (broad SMARTS) is 2. The highest BCUT2D eigenvalue weighted by molar-refractivity contribution is 6.03. The number of ether oxygens (including phenoxy) is 3. The van der Waals surface area contributed by atoms with Gasteiger partial charge < -0.3 is 34.8 Å². The van der Waals surface area contributed by atoms with Crippen molar-refractivity contribution in [3.05, 3.63) is 53.6 Å². The highest BCUT2D eigenvalue weighted by atomic mass is 16.7. The van der Waals surface area contributed by atoms with Gasteiger partial charge in [0, 0.05) is 47.2 Å². The van der Waals surface area contributed by atoms with Crippen LogP contribution in [0.5, 0.6) is 5.75 Å². The van der Waals surface area contributed by atoms with E-state index in [2.05, 4.69) is 52.9 Å². The van der Waals surface area contributed by atoms with Gasteiger partial charge in [-0.05, 0) is 116 Å². The van der Waals surface area contributed by atoms with Crippen molar-refractivity contribution < 1.29 is 48.7 Å². The molecule has 11 heteroatoms. The van der Waals surface area contributed by atoms with E-state index in [0.717, 1.165) is 51.0 Å². The van der Waals surface area contributed by atoms with Crippen molar-refractivity contribution in [3.8, 4) is 5.75 Å². The van der Waals surface area contributed by atoms with Crippen LogP contribution in [-0.4, -0.2) is 64.7 Å². The predicted octanol–water partition coefficient (Wildman–Crippen LogP) is 7.99. The summed E-state index contributed by atoms with van der Waals surface area (Å²) in [5, 5.41) is 32.7. The van der Waals surface area contributed by atoms with Crippen LogP contribution in [0.3, 0.4) is 0 Å². The number of nitrogens with one attached hydrogen (secondary N) is 1. The minimum absolute atomic E-state index is 0.00795. The first kappa shape index (κ1) is 40.2. The van der Waals surface area contributed by atoms with Crippen LogP contribution in [0.2, 0.25) is 0 Å². The third kappa shape index (κ3) is 6.60. The number of anilines is 1. The number of carboxylic acids is 2. The first-order valence-electron chi connectivity index (χ1n) is 20.4. The smallest absolute Gasteiger partial charge is 0.330 e. The first-order chi connectivity index (χ1) is 26.3. The van der Waals surface area contributed by atoms with Gasteiger partial charge in [-0.2, -0.15) is 0 Å². The van der Waals surface area contributed by atoms with Gasteiger partial charge in [-0.15, -0.1) is 0 Å². The van der Waals surface area contributed by atoms with E-state index >= 15 is 0 Å². The highest BCUT2D eigenvalue weighted by Gasteiger charge is 2.70. The van der Waals surface area contributed by atoms with Crippen molar-refractivity contribution in [1.82, 2.24) is 0 Å². The number of fused-ring (bicyclic) bond motifs is 7. The second-order valence-corrected chi connectivity index (χ2v) is 19.5. The first-order valence-corrected chi connectivity index (χ1v) is 20.4. The number of hydrogen-bond acceptors (Lipinski definition) is 8. The number of aromatic hydroxyl groups is 1. The molecule has 0 bridgehead atoms. The lowest BCUT2D eigenvalue weighted by atomic mass is 9.35. The Labute approximate surface area is 329 Å². The maximum atomic E-state index is 13.5. The van der Waals surface area contributed by atoms with Crippen LogP contribution in [0.15, 0.2) is 48.1 Å². The fourth-order valence-electron chi connectivity index (χ4n) is 13.2. The van der Waals surface area contributed by atoms with Crippen LogP contribution in [-0.2, 0) is 33.4 Å². The van der Waals surface area contributed by atoms with Gasteiger partial charge in [-0.3, -0.25) is 9.59 Å². The van der Waals surface area contributed by atoms with Crippen LogP contribution < -0.4 is 5.32 Å². The number of hydrogen-bond donors (Lipinski definition) is 4. The lowest BCUT2D eigenvalue weighted by molar-refractivity contribution is -0.305. The van der Waals surface area contributed by atoms with Crippen molar-refractivity contribution >= 4 is 35.6 Å². The molecule has 7 rings (SSSR count). The molecule has 1 heterocycles. The standard InChI is InChI=1S/C45H59NO10/c1-40(2)17-19-44(39(52)53)24-28(26-54-37(51)14-7-27-23-29(47)8-10-32(27)46-35(48)12-13-36(49)50)38-30(31(44)25-40)9-11-34-42(5)18-20-45(55-21-22-56-45)41(3,4)33(42)15-16-43(34,38)6/h7-10,12-14,23,28,31,33-34,38,47H,11,15-22,24-26H2,1-6H3,(H,46,48)(H,49,50)(H,52,53)/b13-12+,14-7+/t28?,31?,33?,34?,38?,42-,43+,44-/m0/s1. The summed E-state index contributed by atoms with van der Waals surface area (Å²) in [6.45, 7) is 15.4. The molecule has 1 aliphatic heterocycles. The SMILES string of the molecule is CC1(C)CC[C@]2(C(=O)O)CC(COC(=O)/C=C/c3cc(O)ccc3NC(=O)/C=C/C(=O)O)C3C(=CCC4[C@@]3(C)CCC3C(C)(C)C5(CC[C@@]34C)OCCO5)C2C1. The average Bonchev–Trinajstić information content (AvgIpc) is 3.62. The summed E-state index contributed by atoms with van der Waals surface area (Å²) in [7, 11) is 0. The fraction of sp³-hybridized carbons (Fsp3) is 0.644. The number of rotatable bonds is 8. The number of carbonyl (C=O) groups is 4. The van der Waals surface area contributed by atoms with Gasteiger partial charge in [0.2, 0.25) is 5.91 Å². The van der Waals surface area contributed by atoms with E-state index in [4.69, 9.17) is 19.3 Å². The molecule has 5 fully saturated rings. The topological polar surface area (TPSA) is 169 Å². The Kier molecular flexibility index (Phi) is 10.2. The molecule has 56 heavy (non-hydrogen) atoms. The number of carbonyl (C=O) groups excluding carboxylic acids is 2. The fourth-order valence-corrected chi connectivity index (χ4v) is 13.2. The summed E-state index contributed by atoms with van der Waals surface area (Å²) in [4.78, 5) is 50.2. The summed E-state index contributed by atoms with van der Waals surface area (Å²) in [6, 6.07) is 4.19. The largest absolute Gasteiger partial charge is 0.508 e. The second kappa shape index (κ2) is 14.1. The van der Waals surface area contributed by atoms with E-state index in [9.17, 15) is 29.4 Å². The Morgan fingerprint density at radius 3 is 2.30 bits per heavy atom. The van der Waals surface area contributed by atoms with E-state index in [1.54, 1.807) is 0 Å². The number of phenols is 1. The number of phenolic OH excluding ortho intramolecular Hbond substituents is 1. The number of benzene rings is 1.